The fourth-order valence-electron chi connectivity index (χ4n) is 2.79. The summed E-state index contributed by atoms with van der Waals surface area (Å²) in [5.74, 6) is -1.95. The molecule has 27 heavy (non-hydrogen) atoms. The molecule has 0 radical (unpaired) electrons. The minimum Gasteiger partial charge on any atom is -0.455 e. The molecule has 1 heterocycles. The Morgan fingerprint density at radius 2 is 1.93 bits per heavy atom. The van der Waals surface area contributed by atoms with Crippen LogP contribution in [0.25, 0.3) is 0 Å². The third-order valence-electron chi connectivity index (χ3n) is 4.06. The molecular formula is C19H16Cl2N2O4. The number of hydrogen-bond acceptors (Lipinski definition) is 4. The first-order valence-electron chi connectivity index (χ1n) is 8.21. The number of rotatable bonds is 5. The summed E-state index contributed by atoms with van der Waals surface area (Å²) < 4.78 is 5.06. The molecule has 1 aliphatic rings. The van der Waals surface area contributed by atoms with Gasteiger partial charge in [-0.3, -0.25) is 14.4 Å². The topological polar surface area (TPSA) is 75.7 Å². The van der Waals surface area contributed by atoms with E-state index in [1.807, 2.05) is 0 Å². The lowest BCUT2D eigenvalue weighted by molar-refractivity contribution is -0.151. The summed E-state index contributed by atoms with van der Waals surface area (Å²) >= 11 is 12.0. The average Bonchev–Trinajstić information content (AvgIpc) is 3.02. The van der Waals surface area contributed by atoms with E-state index in [-0.39, 0.29) is 18.9 Å². The Hall–Kier alpha value is -2.57. The van der Waals surface area contributed by atoms with Gasteiger partial charge in [0.05, 0.1) is 16.6 Å². The fraction of sp³-hybridized carbons (Fsp3) is 0.211. The Morgan fingerprint density at radius 1 is 1.15 bits per heavy atom. The molecule has 0 aromatic heterocycles. The lowest BCUT2D eigenvalue weighted by Crippen LogP contribution is -2.28. The third-order valence-corrected chi connectivity index (χ3v) is 4.61. The molecule has 2 aromatic carbocycles. The van der Waals surface area contributed by atoms with Gasteiger partial charge >= 0.3 is 5.97 Å². The SMILES string of the molecule is O=C(COC(=O)[C@H]1CC(=O)N(c2ccccc2Cl)C1)Nc1cccc(Cl)c1. The molecule has 0 aliphatic carbocycles. The van der Waals surface area contributed by atoms with Crippen molar-refractivity contribution in [2.75, 3.05) is 23.4 Å². The van der Waals surface area contributed by atoms with E-state index >= 15 is 0 Å². The van der Waals surface area contributed by atoms with Crippen molar-refractivity contribution >= 4 is 52.4 Å². The van der Waals surface area contributed by atoms with Crippen LogP contribution in [0.3, 0.4) is 0 Å². The average molecular weight is 407 g/mol. The summed E-state index contributed by atoms with van der Waals surface area (Å²) in [7, 11) is 0. The number of benzene rings is 2. The number of amides is 2. The van der Waals surface area contributed by atoms with E-state index in [9.17, 15) is 14.4 Å². The van der Waals surface area contributed by atoms with Crippen molar-refractivity contribution in [2.24, 2.45) is 5.92 Å². The number of carbonyl (C=O) groups is 3. The van der Waals surface area contributed by atoms with Crippen molar-refractivity contribution in [1.29, 1.82) is 0 Å². The van der Waals surface area contributed by atoms with Crippen molar-refractivity contribution in [2.45, 2.75) is 6.42 Å². The monoisotopic (exact) mass is 406 g/mol. The predicted octanol–water partition coefficient (Wildman–Crippen LogP) is 3.53. The van der Waals surface area contributed by atoms with Crippen LogP contribution in [0.2, 0.25) is 10.0 Å². The smallest absolute Gasteiger partial charge is 0.311 e. The van der Waals surface area contributed by atoms with Gasteiger partial charge in [-0.05, 0) is 30.3 Å². The van der Waals surface area contributed by atoms with E-state index in [1.54, 1.807) is 48.5 Å². The molecule has 3 rings (SSSR count). The van der Waals surface area contributed by atoms with Crippen molar-refractivity contribution in [3.05, 3.63) is 58.6 Å². The number of esters is 1. The van der Waals surface area contributed by atoms with Gasteiger partial charge < -0.3 is 15.0 Å². The van der Waals surface area contributed by atoms with E-state index < -0.39 is 24.4 Å². The molecule has 1 atom stereocenters. The highest BCUT2D eigenvalue weighted by Gasteiger charge is 2.37. The van der Waals surface area contributed by atoms with Crippen LogP contribution in [0.15, 0.2) is 48.5 Å². The van der Waals surface area contributed by atoms with Gasteiger partial charge in [-0.25, -0.2) is 0 Å². The molecule has 140 valence electrons. The maximum Gasteiger partial charge on any atom is 0.311 e. The quantitative estimate of drug-likeness (QED) is 0.770. The highest BCUT2D eigenvalue weighted by Crippen LogP contribution is 2.31. The number of carbonyl (C=O) groups excluding carboxylic acids is 3. The predicted molar refractivity (Wildman–Crippen MR) is 103 cm³/mol. The number of hydrogen-bond donors (Lipinski definition) is 1. The Morgan fingerprint density at radius 3 is 2.67 bits per heavy atom. The van der Waals surface area contributed by atoms with Gasteiger partial charge in [0.1, 0.15) is 0 Å². The van der Waals surface area contributed by atoms with E-state index in [0.717, 1.165) is 0 Å². The lowest BCUT2D eigenvalue weighted by atomic mass is 10.1. The molecule has 2 amide bonds. The maximum atomic E-state index is 12.2. The second-order valence-electron chi connectivity index (χ2n) is 6.02. The molecule has 6 nitrogen and oxygen atoms in total. The number of anilines is 2. The van der Waals surface area contributed by atoms with Gasteiger partial charge in [0.2, 0.25) is 5.91 Å². The molecule has 1 N–H and O–H groups in total. The van der Waals surface area contributed by atoms with Crippen LogP contribution < -0.4 is 10.2 Å². The number of nitrogens with zero attached hydrogens (tertiary/aromatic N) is 1. The first-order valence-corrected chi connectivity index (χ1v) is 8.96. The van der Waals surface area contributed by atoms with E-state index in [0.29, 0.717) is 21.4 Å². The van der Waals surface area contributed by atoms with Crippen LogP contribution in [0.5, 0.6) is 0 Å². The summed E-state index contributed by atoms with van der Waals surface area (Å²) in [6, 6.07) is 13.5. The van der Waals surface area contributed by atoms with Gasteiger partial charge in [-0.1, -0.05) is 41.4 Å². The summed E-state index contributed by atoms with van der Waals surface area (Å²) in [4.78, 5) is 37.8. The molecular weight excluding hydrogens is 391 g/mol. The van der Waals surface area contributed by atoms with Crippen LogP contribution >= 0.6 is 23.2 Å². The lowest BCUT2D eigenvalue weighted by Gasteiger charge is -2.17. The third kappa shape index (κ3) is 4.78. The minimum absolute atomic E-state index is 0.0139. The van der Waals surface area contributed by atoms with E-state index in [1.165, 1.54) is 4.90 Å². The Labute approximate surface area is 166 Å². The van der Waals surface area contributed by atoms with Gasteiger partial charge in [0, 0.05) is 23.7 Å². The fourth-order valence-corrected chi connectivity index (χ4v) is 3.21. The Kier molecular flexibility index (Phi) is 5.98. The molecule has 0 spiro atoms. The number of ether oxygens (including phenoxy) is 1. The normalized spacial score (nSPS) is 16.3. The standard InChI is InChI=1S/C19H16Cl2N2O4/c20-13-4-3-5-14(9-13)22-17(24)11-27-19(26)12-8-18(25)23(10-12)16-7-2-1-6-15(16)21/h1-7,9,12H,8,10-11H2,(H,22,24)/t12-/m0/s1. The van der Waals surface area contributed by atoms with Crippen LogP contribution in [-0.2, 0) is 19.1 Å². The highest BCUT2D eigenvalue weighted by atomic mass is 35.5. The molecule has 1 fully saturated rings. The second kappa shape index (κ2) is 8.41. The van der Waals surface area contributed by atoms with Crippen LogP contribution in [0, 0.1) is 5.92 Å². The zero-order valence-electron chi connectivity index (χ0n) is 14.2. The van der Waals surface area contributed by atoms with Crippen molar-refractivity contribution in [1.82, 2.24) is 0 Å². The Bertz CT molecular complexity index is 888. The molecule has 8 heteroatoms. The number of nitrogens with one attached hydrogen (secondary N) is 1. The largest absolute Gasteiger partial charge is 0.455 e. The first kappa shape index (κ1) is 19.2. The Balaban J connectivity index is 1.53. The molecule has 1 saturated heterocycles. The highest BCUT2D eigenvalue weighted by molar-refractivity contribution is 6.34. The minimum atomic E-state index is -0.646. The van der Waals surface area contributed by atoms with Crippen molar-refractivity contribution < 1.29 is 19.1 Å². The zero-order chi connectivity index (χ0) is 19.4. The summed E-state index contributed by atoms with van der Waals surface area (Å²) in [5.41, 5.74) is 1.06. The second-order valence-corrected chi connectivity index (χ2v) is 6.87. The van der Waals surface area contributed by atoms with Crippen LogP contribution in [0.1, 0.15) is 6.42 Å². The van der Waals surface area contributed by atoms with Gasteiger partial charge in [-0.2, -0.15) is 0 Å². The maximum absolute atomic E-state index is 12.2. The first-order chi connectivity index (χ1) is 12.9. The van der Waals surface area contributed by atoms with Crippen LogP contribution in [0.4, 0.5) is 11.4 Å². The molecule has 0 unspecified atom stereocenters. The zero-order valence-corrected chi connectivity index (χ0v) is 15.7. The van der Waals surface area contributed by atoms with Crippen LogP contribution in [-0.4, -0.2) is 30.9 Å². The molecule has 2 aromatic rings. The molecule has 0 saturated carbocycles. The number of para-hydroxylation sites is 1. The number of halogens is 2. The van der Waals surface area contributed by atoms with Gasteiger partial charge in [-0.15, -0.1) is 0 Å². The summed E-state index contributed by atoms with van der Waals surface area (Å²) in [6.45, 7) is -0.278. The summed E-state index contributed by atoms with van der Waals surface area (Å²) in [6.07, 6.45) is 0.0139. The molecule has 1 aliphatic heterocycles. The van der Waals surface area contributed by atoms with E-state index in [2.05, 4.69) is 5.32 Å². The molecule has 0 bridgehead atoms. The van der Waals surface area contributed by atoms with Crippen molar-refractivity contribution in [3.8, 4) is 0 Å². The summed E-state index contributed by atoms with van der Waals surface area (Å²) in [5, 5.41) is 3.50. The van der Waals surface area contributed by atoms with Crippen molar-refractivity contribution in [3.63, 3.8) is 0 Å². The van der Waals surface area contributed by atoms with Gasteiger partial charge in [0.15, 0.2) is 6.61 Å². The van der Waals surface area contributed by atoms with Gasteiger partial charge in [0.25, 0.3) is 5.91 Å². The van der Waals surface area contributed by atoms with E-state index in [4.69, 9.17) is 27.9 Å².